The number of rotatable bonds is 5. The van der Waals surface area contributed by atoms with E-state index in [1.54, 1.807) is 4.90 Å². The van der Waals surface area contributed by atoms with Crippen LogP contribution in [0.4, 0.5) is 15.5 Å². The van der Waals surface area contributed by atoms with E-state index in [9.17, 15) is 9.59 Å². The van der Waals surface area contributed by atoms with Crippen molar-refractivity contribution in [2.75, 3.05) is 23.7 Å². The molecular formula is C23H23N3O3S. The molecule has 1 aliphatic heterocycles. The van der Waals surface area contributed by atoms with Crippen molar-refractivity contribution >= 4 is 34.0 Å². The van der Waals surface area contributed by atoms with Crippen LogP contribution in [0.25, 0.3) is 0 Å². The smallest absolute Gasteiger partial charge is 0.322 e. The highest BCUT2D eigenvalue weighted by Crippen LogP contribution is 2.24. The molecule has 0 aliphatic carbocycles. The summed E-state index contributed by atoms with van der Waals surface area (Å²) in [5.41, 5.74) is 0.709. The van der Waals surface area contributed by atoms with Gasteiger partial charge in [-0.05, 0) is 66.8 Å². The SMILES string of the molecule is O=C(Nc1ccc(Oc2ccccc2)cc1)C1CCCN(C(=O)Nc2cccs2)C1. The van der Waals surface area contributed by atoms with Gasteiger partial charge in [0.25, 0.3) is 0 Å². The number of hydrogen-bond acceptors (Lipinski definition) is 4. The third kappa shape index (κ3) is 5.18. The van der Waals surface area contributed by atoms with Crippen molar-refractivity contribution in [2.45, 2.75) is 12.8 Å². The third-order valence-corrected chi connectivity index (χ3v) is 5.72. The summed E-state index contributed by atoms with van der Waals surface area (Å²) in [7, 11) is 0. The number of carbonyl (C=O) groups is 2. The van der Waals surface area contributed by atoms with Crippen LogP contribution in [0.3, 0.4) is 0 Å². The van der Waals surface area contributed by atoms with Crippen molar-refractivity contribution in [3.8, 4) is 11.5 Å². The minimum atomic E-state index is -0.229. The molecule has 7 heteroatoms. The Kier molecular flexibility index (Phi) is 6.29. The molecule has 2 N–H and O–H groups in total. The van der Waals surface area contributed by atoms with Crippen LogP contribution in [0.5, 0.6) is 11.5 Å². The van der Waals surface area contributed by atoms with Crippen molar-refractivity contribution in [1.29, 1.82) is 0 Å². The molecule has 2 aromatic carbocycles. The number of hydrogen-bond donors (Lipinski definition) is 2. The zero-order valence-corrected chi connectivity index (χ0v) is 17.2. The molecule has 154 valence electrons. The Labute approximate surface area is 179 Å². The van der Waals surface area contributed by atoms with Gasteiger partial charge in [0, 0.05) is 18.8 Å². The van der Waals surface area contributed by atoms with E-state index in [1.807, 2.05) is 72.1 Å². The number of ether oxygens (including phenoxy) is 1. The second kappa shape index (κ2) is 9.45. The van der Waals surface area contributed by atoms with Crippen LogP contribution in [0, 0.1) is 5.92 Å². The fourth-order valence-corrected chi connectivity index (χ4v) is 3.99. The predicted octanol–water partition coefficient (Wildman–Crippen LogP) is 5.42. The van der Waals surface area contributed by atoms with E-state index in [4.69, 9.17) is 4.74 Å². The summed E-state index contributed by atoms with van der Waals surface area (Å²) in [6.07, 6.45) is 1.57. The highest BCUT2D eigenvalue weighted by molar-refractivity contribution is 7.14. The molecule has 2 heterocycles. The van der Waals surface area contributed by atoms with Gasteiger partial charge in [0.15, 0.2) is 0 Å². The second-order valence-electron chi connectivity index (χ2n) is 7.12. The minimum Gasteiger partial charge on any atom is -0.457 e. The van der Waals surface area contributed by atoms with Crippen molar-refractivity contribution in [3.05, 3.63) is 72.1 Å². The van der Waals surface area contributed by atoms with E-state index in [0.29, 0.717) is 24.5 Å². The van der Waals surface area contributed by atoms with E-state index in [-0.39, 0.29) is 17.9 Å². The fraction of sp³-hybridized carbons (Fsp3) is 0.217. The van der Waals surface area contributed by atoms with E-state index in [0.717, 1.165) is 23.6 Å². The van der Waals surface area contributed by atoms with Crippen LogP contribution >= 0.6 is 11.3 Å². The topological polar surface area (TPSA) is 70.7 Å². The van der Waals surface area contributed by atoms with E-state index in [1.165, 1.54) is 11.3 Å². The zero-order valence-electron chi connectivity index (χ0n) is 16.4. The summed E-state index contributed by atoms with van der Waals surface area (Å²) in [5, 5.41) is 8.57. The van der Waals surface area contributed by atoms with Gasteiger partial charge >= 0.3 is 6.03 Å². The van der Waals surface area contributed by atoms with E-state index >= 15 is 0 Å². The van der Waals surface area contributed by atoms with Crippen molar-refractivity contribution in [2.24, 2.45) is 5.92 Å². The number of thiophene rings is 1. The number of amides is 3. The number of nitrogens with one attached hydrogen (secondary N) is 2. The number of carbonyl (C=O) groups excluding carboxylic acids is 2. The van der Waals surface area contributed by atoms with E-state index < -0.39 is 0 Å². The van der Waals surface area contributed by atoms with Crippen LogP contribution in [0.15, 0.2) is 72.1 Å². The molecule has 3 aromatic rings. The number of nitrogens with zero attached hydrogens (tertiary/aromatic N) is 1. The maximum absolute atomic E-state index is 12.7. The third-order valence-electron chi connectivity index (χ3n) is 4.93. The first-order valence-electron chi connectivity index (χ1n) is 9.90. The van der Waals surface area contributed by atoms with Crippen LogP contribution in [0.2, 0.25) is 0 Å². The lowest BCUT2D eigenvalue weighted by atomic mass is 9.97. The lowest BCUT2D eigenvalue weighted by molar-refractivity contribution is -0.121. The molecule has 0 radical (unpaired) electrons. The summed E-state index contributed by atoms with van der Waals surface area (Å²) in [4.78, 5) is 26.9. The van der Waals surface area contributed by atoms with Gasteiger partial charge < -0.3 is 15.0 Å². The number of piperidine rings is 1. The van der Waals surface area contributed by atoms with Crippen molar-refractivity contribution in [3.63, 3.8) is 0 Å². The fourth-order valence-electron chi connectivity index (χ4n) is 3.38. The molecule has 1 aromatic heterocycles. The molecule has 1 saturated heterocycles. The highest BCUT2D eigenvalue weighted by atomic mass is 32.1. The van der Waals surface area contributed by atoms with Gasteiger partial charge in [0.2, 0.25) is 5.91 Å². The Morgan fingerprint density at radius 2 is 1.70 bits per heavy atom. The Hall–Kier alpha value is -3.32. The Morgan fingerprint density at radius 1 is 0.933 bits per heavy atom. The number of benzene rings is 2. The van der Waals surface area contributed by atoms with Gasteiger partial charge in [-0.1, -0.05) is 18.2 Å². The number of para-hydroxylation sites is 1. The lowest BCUT2D eigenvalue weighted by Gasteiger charge is -2.31. The Bertz CT molecular complexity index is 975. The van der Waals surface area contributed by atoms with Gasteiger partial charge in [-0.15, -0.1) is 11.3 Å². The molecule has 1 atom stereocenters. The first kappa shape index (κ1) is 20.0. The molecule has 1 unspecified atom stereocenters. The molecule has 0 spiro atoms. The van der Waals surface area contributed by atoms with Gasteiger partial charge in [-0.2, -0.15) is 0 Å². The Morgan fingerprint density at radius 3 is 2.43 bits per heavy atom. The van der Waals surface area contributed by atoms with Gasteiger partial charge in [-0.3, -0.25) is 10.1 Å². The van der Waals surface area contributed by atoms with Gasteiger partial charge in [-0.25, -0.2) is 4.79 Å². The summed E-state index contributed by atoms with van der Waals surface area (Å²) < 4.78 is 5.78. The summed E-state index contributed by atoms with van der Waals surface area (Å²) in [6.45, 7) is 1.07. The molecule has 1 fully saturated rings. The second-order valence-corrected chi connectivity index (χ2v) is 8.07. The quantitative estimate of drug-likeness (QED) is 0.578. The monoisotopic (exact) mass is 421 g/mol. The normalized spacial score (nSPS) is 16.0. The molecule has 30 heavy (non-hydrogen) atoms. The lowest BCUT2D eigenvalue weighted by Crippen LogP contribution is -2.45. The summed E-state index contributed by atoms with van der Waals surface area (Å²) >= 11 is 1.48. The molecule has 0 bridgehead atoms. The first-order valence-corrected chi connectivity index (χ1v) is 10.8. The minimum absolute atomic E-state index is 0.0691. The molecule has 0 saturated carbocycles. The average molecular weight is 422 g/mol. The predicted molar refractivity (Wildman–Crippen MR) is 119 cm³/mol. The van der Waals surface area contributed by atoms with Crippen LogP contribution in [-0.4, -0.2) is 29.9 Å². The van der Waals surface area contributed by atoms with Gasteiger partial charge in [0.05, 0.1) is 10.9 Å². The van der Waals surface area contributed by atoms with Crippen LogP contribution in [-0.2, 0) is 4.79 Å². The van der Waals surface area contributed by atoms with Gasteiger partial charge in [0.1, 0.15) is 11.5 Å². The summed E-state index contributed by atoms with van der Waals surface area (Å²) in [6, 6.07) is 20.4. The Balaban J connectivity index is 1.31. The molecule has 3 amide bonds. The number of likely N-dealkylation sites (tertiary alicyclic amines) is 1. The first-order chi connectivity index (χ1) is 14.7. The average Bonchev–Trinajstić information content (AvgIpc) is 3.29. The van der Waals surface area contributed by atoms with Crippen LogP contribution in [0.1, 0.15) is 12.8 Å². The maximum Gasteiger partial charge on any atom is 0.322 e. The molecule has 6 nitrogen and oxygen atoms in total. The highest BCUT2D eigenvalue weighted by Gasteiger charge is 2.28. The van der Waals surface area contributed by atoms with Crippen molar-refractivity contribution < 1.29 is 14.3 Å². The molecule has 1 aliphatic rings. The zero-order chi connectivity index (χ0) is 20.8. The molecular weight excluding hydrogens is 398 g/mol. The van der Waals surface area contributed by atoms with Crippen molar-refractivity contribution in [1.82, 2.24) is 4.90 Å². The standard InChI is InChI=1S/C23H23N3O3S/c27-22(17-6-4-14-26(16-17)23(28)25-21-9-5-15-30-21)24-18-10-12-20(13-11-18)29-19-7-2-1-3-8-19/h1-3,5,7-13,15,17H,4,6,14,16H2,(H,24,27)(H,25,28). The molecule has 4 rings (SSSR count). The number of anilines is 2. The maximum atomic E-state index is 12.7. The summed E-state index contributed by atoms with van der Waals surface area (Å²) in [5.74, 6) is 1.17. The van der Waals surface area contributed by atoms with Crippen LogP contribution < -0.4 is 15.4 Å². The number of urea groups is 1. The largest absolute Gasteiger partial charge is 0.457 e. The van der Waals surface area contributed by atoms with E-state index in [2.05, 4.69) is 10.6 Å².